The van der Waals surface area contributed by atoms with Crippen LogP contribution < -0.4 is 4.40 Å². The van der Waals surface area contributed by atoms with E-state index in [9.17, 15) is 9.90 Å². The molecular formula is C41H48GeIrN3O3-. The molecular weight excluding hydrogens is 847 g/mol. The van der Waals surface area contributed by atoms with Crippen molar-refractivity contribution in [3.63, 3.8) is 0 Å². The standard InChI is InChI=1S/C26H20GeN3O.C15H28O2.Ir/c1-27(2,3)21-11-4-7-16-12-13-19-23(29-15-30-24(19)22(16)21)20-9-5-8-17-18-10-6-14-28-26(18)31-25(17)20;1-7-14(5,8-2)12(16)11-13(17)15(6,9-3)10-4;/h4-8,10-15H,1-3H3;11,16H,7-10H2,1-6H3;/q-1;;/b;12-11-;. The Hall–Kier alpha value is -3.39. The van der Waals surface area contributed by atoms with Crippen molar-refractivity contribution in [3.05, 3.63) is 85.0 Å². The summed E-state index contributed by atoms with van der Waals surface area (Å²) >= 11 is -2.12. The fourth-order valence-corrected chi connectivity index (χ4v) is 9.53. The van der Waals surface area contributed by atoms with E-state index in [1.54, 1.807) is 12.5 Å². The number of aliphatic hydroxyl groups excluding tert-OH is 1. The van der Waals surface area contributed by atoms with E-state index < -0.39 is 13.3 Å². The second-order valence-corrected chi connectivity index (χ2v) is 24.9. The molecule has 0 saturated carbocycles. The van der Waals surface area contributed by atoms with Crippen LogP contribution in [0.3, 0.4) is 0 Å². The molecule has 1 N–H and O–H groups in total. The molecule has 259 valence electrons. The van der Waals surface area contributed by atoms with Gasteiger partial charge in [-0.2, -0.15) is 0 Å². The number of hydrogen-bond donors (Lipinski definition) is 1. The van der Waals surface area contributed by atoms with Crippen LogP contribution in [-0.2, 0) is 24.9 Å². The van der Waals surface area contributed by atoms with Gasteiger partial charge in [0.25, 0.3) is 0 Å². The first kappa shape index (κ1) is 38.4. The maximum atomic E-state index is 12.2. The molecule has 6 nitrogen and oxygen atoms in total. The Labute approximate surface area is 306 Å². The summed E-state index contributed by atoms with van der Waals surface area (Å²) in [7, 11) is 0. The van der Waals surface area contributed by atoms with Gasteiger partial charge in [0.05, 0.1) is 0 Å². The molecule has 0 aliphatic rings. The number of benzene rings is 3. The monoisotopic (exact) mass is 897 g/mol. The van der Waals surface area contributed by atoms with Crippen LogP contribution in [0, 0.1) is 16.9 Å². The van der Waals surface area contributed by atoms with Gasteiger partial charge in [0, 0.05) is 37.0 Å². The smallest absolute Gasteiger partial charge is 0 e. The molecule has 0 atom stereocenters. The molecule has 0 aliphatic heterocycles. The molecule has 0 bridgehead atoms. The van der Waals surface area contributed by atoms with E-state index in [-0.39, 0.29) is 42.5 Å². The van der Waals surface area contributed by atoms with Crippen LogP contribution in [-0.4, -0.2) is 39.1 Å². The van der Waals surface area contributed by atoms with E-state index in [0.29, 0.717) is 5.71 Å². The number of allylic oxidation sites excluding steroid dienone is 2. The third kappa shape index (κ3) is 7.40. The fourth-order valence-electron chi connectivity index (χ4n) is 6.16. The van der Waals surface area contributed by atoms with Crippen molar-refractivity contribution in [3.8, 4) is 11.3 Å². The molecule has 0 spiro atoms. The average molecular weight is 896 g/mol. The number of ketones is 1. The first-order valence-electron chi connectivity index (χ1n) is 17.1. The average Bonchev–Trinajstić information content (AvgIpc) is 3.49. The number of aromatic nitrogens is 3. The van der Waals surface area contributed by atoms with Crippen LogP contribution in [0.25, 0.3) is 55.0 Å². The van der Waals surface area contributed by atoms with Crippen LogP contribution in [0.4, 0.5) is 0 Å². The molecule has 0 aliphatic carbocycles. The topological polar surface area (TPSA) is 89.1 Å². The van der Waals surface area contributed by atoms with E-state index in [1.807, 2.05) is 65.8 Å². The van der Waals surface area contributed by atoms with Crippen molar-refractivity contribution in [2.45, 2.75) is 84.5 Å². The van der Waals surface area contributed by atoms with Gasteiger partial charge >= 0.3 is 182 Å². The molecule has 0 unspecified atom stereocenters. The third-order valence-electron chi connectivity index (χ3n) is 10.5. The molecule has 0 amide bonds. The number of fused-ring (bicyclic) bond motifs is 6. The van der Waals surface area contributed by atoms with Crippen molar-refractivity contribution in [1.82, 2.24) is 15.0 Å². The van der Waals surface area contributed by atoms with Gasteiger partial charge in [-0.15, -0.1) is 0 Å². The Kier molecular flexibility index (Phi) is 11.9. The molecule has 3 heterocycles. The molecule has 6 rings (SSSR count). The summed E-state index contributed by atoms with van der Waals surface area (Å²) in [6.45, 7) is 12.1. The van der Waals surface area contributed by atoms with Crippen molar-refractivity contribution >= 4 is 67.2 Å². The minimum atomic E-state index is -2.12. The van der Waals surface area contributed by atoms with Crippen LogP contribution in [0.5, 0.6) is 0 Å². The summed E-state index contributed by atoms with van der Waals surface area (Å²) in [6, 6.07) is 22.2. The number of hydrogen-bond acceptors (Lipinski definition) is 6. The summed E-state index contributed by atoms with van der Waals surface area (Å²) in [5.74, 6) is 7.55. The van der Waals surface area contributed by atoms with Gasteiger partial charge in [0.1, 0.15) is 5.76 Å². The first-order valence-corrected chi connectivity index (χ1v) is 24.5. The fraction of sp³-hybridized carbons (Fsp3) is 0.366. The second kappa shape index (κ2) is 15.2. The zero-order chi connectivity index (χ0) is 34.9. The number of rotatable bonds is 9. The summed E-state index contributed by atoms with van der Waals surface area (Å²) in [5.41, 5.74) is 3.47. The maximum Gasteiger partial charge on any atom is 0 e. The molecule has 3 aromatic carbocycles. The summed E-state index contributed by atoms with van der Waals surface area (Å²) in [6.07, 6.45) is 8.17. The second-order valence-electron chi connectivity index (χ2n) is 14.3. The number of aliphatic hydroxyl groups is 1. The number of carbonyl (C=O) groups excluding carboxylic acids is 1. The van der Waals surface area contributed by atoms with Gasteiger partial charge in [-0.1, -0.05) is 41.5 Å². The largest absolute Gasteiger partial charge is 0 e. The number of nitrogens with zero attached hydrogens (tertiary/aromatic N) is 3. The van der Waals surface area contributed by atoms with Gasteiger partial charge in [0.2, 0.25) is 0 Å². The van der Waals surface area contributed by atoms with Gasteiger partial charge in [-0.3, -0.25) is 4.79 Å². The minimum Gasteiger partial charge on any atom is 0 e. The van der Waals surface area contributed by atoms with E-state index in [0.717, 1.165) is 64.2 Å². The maximum absolute atomic E-state index is 12.2. The Balaban J connectivity index is 0.000000260. The van der Waals surface area contributed by atoms with Crippen molar-refractivity contribution in [2.75, 3.05) is 0 Å². The van der Waals surface area contributed by atoms with Crippen LogP contribution in [0.2, 0.25) is 17.3 Å². The van der Waals surface area contributed by atoms with Gasteiger partial charge in [-0.25, -0.2) is 0 Å². The van der Waals surface area contributed by atoms with Crippen LogP contribution in [0.15, 0.2) is 83.4 Å². The first-order chi connectivity index (χ1) is 22.8. The van der Waals surface area contributed by atoms with Gasteiger partial charge < -0.3 is 5.11 Å². The molecule has 0 saturated heterocycles. The summed E-state index contributed by atoms with van der Waals surface area (Å²) in [5, 5.41) is 15.7. The van der Waals surface area contributed by atoms with E-state index in [1.165, 1.54) is 21.2 Å². The van der Waals surface area contributed by atoms with Gasteiger partial charge in [0.15, 0.2) is 5.78 Å². The quantitative estimate of drug-likeness (QED) is 0.0511. The van der Waals surface area contributed by atoms with Crippen molar-refractivity contribution < 1.29 is 34.4 Å². The van der Waals surface area contributed by atoms with Crippen molar-refractivity contribution in [1.29, 1.82) is 0 Å². The minimum absolute atomic E-state index is 0. The van der Waals surface area contributed by atoms with E-state index in [2.05, 4.69) is 63.6 Å². The molecule has 49 heavy (non-hydrogen) atoms. The zero-order valence-corrected chi connectivity index (χ0v) is 34.7. The van der Waals surface area contributed by atoms with Gasteiger partial charge in [-0.05, 0) is 25.7 Å². The molecule has 6 aromatic rings. The number of pyridine rings is 1. The molecule has 3 aromatic heterocycles. The summed E-state index contributed by atoms with van der Waals surface area (Å²) < 4.78 is 7.62. The zero-order valence-electron chi connectivity index (χ0n) is 30.2. The Bertz CT molecular complexity index is 2140. The number of carbonyl (C=O) groups is 1. The van der Waals surface area contributed by atoms with E-state index >= 15 is 0 Å². The van der Waals surface area contributed by atoms with E-state index in [4.69, 9.17) is 9.40 Å². The SMILES string of the molecule is CCC(C)(CC)C(=O)/C=C(\O)C(C)(CC)CC.[CH3][Ge]([CH3])([CH3])[c]1cccc2ccc3c(-c4[c-]ccc5c4oc4ncccc45)ncnc3c12.[Ir]. The number of furan rings is 1. The molecule has 8 heteroatoms. The Morgan fingerprint density at radius 3 is 2.20 bits per heavy atom. The Morgan fingerprint density at radius 2 is 1.55 bits per heavy atom. The van der Waals surface area contributed by atoms with Crippen LogP contribution >= 0.6 is 0 Å². The normalized spacial score (nSPS) is 12.6. The molecule has 1 radical (unpaired) electrons. The predicted molar refractivity (Wildman–Crippen MR) is 202 cm³/mol. The van der Waals surface area contributed by atoms with Crippen molar-refractivity contribution in [2.24, 2.45) is 10.8 Å². The van der Waals surface area contributed by atoms with Crippen LogP contribution in [0.1, 0.15) is 67.2 Å². The predicted octanol–water partition coefficient (Wildman–Crippen LogP) is 10.7. The summed E-state index contributed by atoms with van der Waals surface area (Å²) in [4.78, 5) is 26.0. The Morgan fingerprint density at radius 1 is 0.857 bits per heavy atom. The third-order valence-corrected chi connectivity index (χ3v) is 14.8. The molecule has 0 fully saturated rings.